The first kappa shape index (κ1) is 15.6. The van der Waals surface area contributed by atoms with E-state index >= 15 is 0 Å². The number of amides is 2. The molecule has 0 spiro atoms. The first-order valence-electron chi connectivity index (χ1n) is 8.13. The molecule has 3 rings (SSSR count). The molecule has 0 saturated heterocycles. The molecule has 7 heteroatoms. The van der Waals surface area contributed by atoms with Crippen molar-refractivity contribution in [3.63, 3.8) is 0 Å². The van der Waals surface area contributed by atoms with Gasteiger partial charge in [0.05, 0.1) is 0 Å². The summed E-state index contributed by atoms with van der Waals surface area (Å²) in [6, 6.07) is -0.170. The maximum Gasteiger partial charge on any atom is 0.293 e. The van der Waals surface area contributed by atoms with Gasteiger partial charge in [0.15, 0.2) is 11.9 Å². The third-order valence-corrected chi connectivity index (χ3v) is 4.35. The lowest BCUT2D eigenvalue weighted by Gasteiger charge is -2.32. The van der Waals surface area contributed by atoms with Crippen LogP contribution in [0.2, 0.25) is 0 Å². The molecule has 23 heavy (non-hydrogen) atoms. The van der Waals surface area contributed by atoms with E-state index < -0.39 is 6.04 Å². The molecule has 0 bridgehead atoms. The number of carbonyl (C=O) groups is 2. The fourth-order valence-corrected chi connectivity index (χ4v) is 3.16. The summed E-state index contributed by atoms with van der Waals surface area (Å²) in [7, 11) is 0. The minimum Gasteiger partial charge on any atom is -0.365 e. The fourth-order valence-electron chi connectivity index (χ4n) is 3.16. The third kappa shape index (κ3) is 3.55. The zero-order chi connectivity index (χ0) is 16.2. The van der Waals surface area contributed by atoms with Gasteiger partial charge in [-0.1, -0.05) is 13.0 Å². The van der Waals surface area contributed by atoms with Crippen molar-refractivity contribution in [1.82, 2.24) is 10.6 Å². The van der Waals surface area contributed by atoms with E-state index in [1.54, 1.807) is 12.3 Å². The monoisotopic (exact) mass is 315 g/mol. The van der Waals surface area contributed by atoms with Crippen LogP contribution < -0.4 is 10.6 Å². The Morgan fingerprint density at radius 1 is 1.30 bits per heavy atom. The quantitative estimate of drug-likeness (QED) is 0.825. The molecule has 7 nitrogen and oxygen atoms in total. The summed E-state index contributed by atoms with van der Waals surface area (Å²) in [5.74, 6) is 0.378. The molecule has 0 aromatic rings. The highest BCUT2D eigenvalue weighted by Gasteiger charge is 2.30. The number of fused-ring (bicyclic) bond motifs is 1. The number of rotatable bonds is 4. The maximum absolute atomic E-state index is 11.8. The van der Waals surface area contributed by atoms with Gasteiger partial charge in [0.2, 0.25) is 5.91 Å². The number of allylic oxidation sites excluding steroid dienone is 1. The van der Waals surface area contributed by atoms with Crippen LogP contribution in [0.4, 0.5) is 0 Å². The van der Waals surface area contributed by atoms with E-state index in [9.17, 15) is 9.59 Å². The molecular formula is C16H21N5O2. The highest BCUT2D eigenvalue weighted by Crippen LogP contribution is 2.25. The number of nitrogens with zero attached hydrogens (tertiary/aromatic N) is 3. The molecule has 1 aliphatic carbocycles. The van der Waals surface area contributed by atoms with Crippen LogP contribution in [-0.2, 0) is 9.59 Å². The van der Waals surface area contributed by atoms with Crippen molar-refractivity contribution in [2.45, 2.75) is 57.2 Å². The number of azo groups is 1. The van der Waals surface area contributed by atoms with Crippen LogP contribution in [0.1, 0.15) is 39.0 Å². The molecule has 2 amide bonds. The van der Waals surface area contributed by atoms with Gasteiger partial charge >= 0.3 is 0 Å². The largest absolute Gasteiger partial charge is 0.365 e. The topological polar surface area (TPSA) is 95.3 Å². The number of dihydropyridines is 1. The summed E-state index contributed by atoms with van der Waals surface area (Å²) in [6.45, 7) is 1.86. The molecule has 2 heterocycles. The van der Waals surface area contributed by atoms with Crippen molar-refractivity contribution in [2.24, 2.45) is 15.2 Å². The number of nitrogens with one attached hydrogen (secondary N) is 2. The van der Waals surface area contributed by atoms with Crippen molar-refractivity contribution in [2.75, 3.05) is 0 Å². The van der Waals surface area contributed by atoms with Gasteiger partial charge in [-0.2, -0.15) is 0 Å². The predicted octanol–water partition coefficient (Wildman–Crippen LogP) is 1.63. The molecule has 3 unspecified atom stereocenters. The molecule has 0 radical (unpaired) electrons. The normalized spacial score (nSPS) is 29.4. The van der Waals surface area contributed by atoms with Crippen LogP contribution in [0.3, 0.4) is 0 Å². The lowest BCUT2D eigenvalue weighted by molar-refractivity contribution is -0.122. The van der Waals surface area contributed by atoms with Gasteiger partial charge in [-0.15, -0.1) is 10.2 Å². The Kier molecular flexibility index (Phi) is 4.64. The average Bonchev–Trinajstić information content (AvgIpc) is 2.58. The second kappa shape index (κ2) is 6.85. The van der Waals surface area contributed by atoms with Crippen molar-refractivity contribution in [3.05, 3.63) is 23.5 Å². The standard InChI is InChI=1S/C16H21N5O2/c1-2-13(22)18-10-5-3-6-11(9-10)19-15-12-7-4-8-17-14(12)16(23)21-20-15/h4,7-8,10-11,14,19H,2-3,5-6,9H2,1H3,(H,18,22). The second-order valence-electron chi connectivity index (χ2n) is 6.03. The Bertz CT molecular complexity index is 620. The third-order valence-electron chi connectivity index (χ3n) is 4.35. The van der Waals surface area contributed by atoms with Crippen LogP contribution in [0.25, 0.3) is 0 Å². The Morgan fingerprint density at radius 2 is 2.13 bits per heavy atom. The number of hydrogen-bond donors (Lipinski definition) is 2. The Hall–Kier alpha value is -2.31. The lowest BCUT2D eigenvalue weighted by Crippen LogP contribution is -2.44. The number of hydrogen-bond acceptors (Lipinski definition) is 5. The summed E-state index contributed by atoms with van der Waals surface area (Å²) in [6.07, 6.45) is 9.68. The molecular weight excluding hydrogens is 294 g/mol. The Morgan fingerprint density at radius 3 is 2.96 bits per heavy atom. The summed E-state index contributed by atoms with van der Waals surface area (Å²) >= 11 is 0. The van der Waals surface area contributed by atoms with Gasteiger partial charge in [0.1, 0.15) is 0 Å². The molecule has 122 valence electrons. The van der Waals surface area contributed by atoms with E-state index in [4.69, 9.17) is 0 Å². The fraction of sp³-hybridized carbons (Fsp3) is 0.562. The van der Waals surface area contributed by atoms with E-state index in [0.717, 1.165) is 31.3 Å². The highest BCUT2D eigenvalue weighted by atomic mass is 16.2. The van der Waals surface area contributed by atoms with E-state index in [0.29, 0.717) is 12.2 Å². The van der Waals surface area contributed by atoms with Crippen LogP contribution in [0, 0.1) is 0 Å². The Labute approximate surface area is 135 Å². The van der Waals surface area contributed by atoms with Gasteiger partial charge < -0.3 is 10.6 Å². The predicted molar refractivity (Wildman–Crippen MR) is 85.9 cm³/mol. The zero-order valence-electron chi connectivity index (χ0n) is 13.2. The molecule has 2 N–H and O–H groups in total. The van der Waals surface area contributed by atoms with E-state index in [1.165, 1.54) is 0 Å². The minimum absolute atomic E-state index is 0.0882. The molecule has 2 aliphatic heterocycles. The van der Waals surface area contributed by atoms with Crippen LogP contribution in [0.5, 0.6) is 0 Å². The summed E-state index contributed by atoms with van der Waals surface area (Å²) in [5, 5.41) is 14.2. The molecule has 1 fully saturated rings. The van der Waals surface area contributed by atoms with E-state index in [2.05, 4.69) is 25.9 Å². The van der Waals surface area contributed by atoms with Crippen molar-refractivity contribution in [1.29, 1.82) is 0 Å². The van der Waals surface area contributed by atoms with Crippen LogP contribution in [0.15, 0.2) is 38.8 Å². The maximum atomic E-state index is 11.8. The van der Waals surface area contributed by atoms with Gasteiger partial charge in [0.25, 0.3) is 5.91 Å². The average molecular weight is 315 g/mol. The van der Waals surface area contributed by atoms with Crippen molar-refractivity contribution in [3.8, 4) is 0 Å². The van der Waals surface area contributed by atoms with E-state index in [1.807, 2.05) is 13.0 Å². The van der Waals surface area contributed by atoms with Crippen LogP contribution in [-0.4, -0.2) is 36.2 Å². The molecule has 0 aromatic carbocycles. The van der Waals surface area contributed by atoms with Gasteiger partial charge in [-0.3, -0.25) is 14.6 Å². The summed E-state index contributed by atoms with van der Waals surface area (Å²) in [5.41, 5.74) is 0.771. The highest BCUT2D eigenvalue weighted by molar-refractivity contribution is 5.91. The van der Waals surface area contributed by atoms with Gasteiger partial charge in [0, 0.05) is 30.3 Å². The van der Waals surface area contributed by atoms with Crippen molar-refractivity contribution >= 4 is 18.0 Å². The SMILES string of the molecule is CCC(=O)NC1CCCC(NC2=C3C=CC=NC3C(=O)N=N2)C1. The van der Waals surface area contributed by atoms with Crippen LogP contribution >= 0.6 is 0 Å². The number of aliphatic imine (C=N–C) groups is 1. The first-order chi connectivity index (χ1) is 11.2. The van der Waals surface area contributed by atoms with Gasteiger partial charge in [-0.25, -0.2) is 0 Å². The molecule has 0 aromatic heterocycles. The van der Waals surface area contributed by atoms with Gasteiger partial charge in [-0.05, 0) is 31.8 Å². The summed E-state index contributed by atoms with van der Waals surface area (Å²) < 4.78 is 0. The number of carbonyl (C=O) groups excluding carboxylic acids is 2. The molecule has 3 aliphatic rings. The zero-order valence-corrected chi connectivity index (χ0v) is 13.2. The molecule has 1 saturated carbocycles. The first-order valence-corrected chi connectivity index (χ1v) is 8.13. The lowest BCUT2D eigenvalue weighted by atomic mass is 9.90. The minimum atomic E-state index is -0.570. The summed E-state index contributed by atoms with van der Waals surface area (Å²) in [4.78, 5) is 27.5. The smallest absolute Gasteiger partial charge is 0.293 e. The second-order valence-corrected chi connectivity index (χ2v) is 6.03. The van der Waals surface area contributed by atoms with Crippen molar-refractivity contribution < 1.29 is 9.59 Å². The Balaban J connectivity index is 1.68. The molecule has 3 atom stereocenters. The van der Waals surface area contributed by atoms with E-state index in [-0.39, 0.29) is 23.9 Å².